The van der Waals surface area contributed by atoms with Crippen LogP contribution in [0.25, 0.3) is 11.1 Å². The number of carbonyl (C=O) groups is 1. The summed E-state index contributed by atoms with van der Waals surface area (Å²) >= 11 is 0. The number of rotatable bonds is 4. The maximum atomic E-state index is 14.3. The largest absolute Gasteiger partial charge is 0.496 e. The number of hydrogen-bond acceptors (Lipinski definition) is 4. The molecule has 1 aliphatic heterocycles. The fourth-order valence-electron chi connectivity index (χ4n) is 3.69. The Morgan fingerprint density at radius 1 is 1.29 bits per heavy atom. The van der Waals surface area contributed by atoms with Gasteiger partial charge in [-0.15, -0.1) is 0 Å². The maximum absolute atomic E-state index is 14.3. The van der Waals surface area contributed by atoms with E-state index in [4.69, 9.17) is 4.74 Å². The normalized spacial score (nSPS) is 19.0. The van der Waals surface area contributed by atoms with E-state index in [9.17, 15) is 14.3 Å². The van der Waals surface area contributed by atoms with E-state index in [1.807, 2.05) is 6.07 Å². The first kappa shape index (κ1) is 18.2. The highest BCUT2D eigenvalue weighted by Gasteiger charge is 2.37. The molecule has 2 unspecified atom stereocenters. The van der Waals surface area contributed by atoms with Crippen LogP contribution >= 0.6 is 0 Å². The fraction of sp³-hybridized carbons (Fsp3) is 0.238. The van der Waals surface area contributed by atoms with Crippen molar-refractivity contribution in [3.63, 3.8) is 0 Å². The molecule has 3 aromatic rings. The molecule has 28 heavy (non-hydrogen) atoms. The Balaban J connectivity index is 1.69. The van der Waals surface area contributed by atoms with Crippen molar-refractivity contribution in [2.45, 2.75) is 18.6 Å². The number of nitrogens with one attached hydrogen (secondary N) is 1. The van der Waals surface area contributed by atoms with Crippen molar-refractivity contribution in [2.75, 3.05) is 13.7 Å². The Morgan fingerprint density at radius 2 is 2.11 bits per heavy atom. The van der Waals surface area contributed by atoms with Crippen molar-refractivity contribution in [3.05, 3.63) is 71.8 Å². The van der Waals surface area contributed by atoms with E-state index in [1.165, 1.54) is 18.1 Å². The molecule has 1 amide bonds. The molecule has 2 N–H and O–H groups in total. The van der Waals surface area contributed by atoms with Gasteiger partial charge in [0.05, 0.1) is 31.0 Å². The minimum absolute atomic E-state index is 0.143. The van der Waals surface area contributed by atoms with Crippen molar-refractivity contribution in [3.8, 4) is 16.9 Å². The zero-order valence-corrected chi connectivity index (χ0v) is 15.3. The van der Waals surface area contributed by atoms with Crippen LogP contribution < -0.4 is 4.74 Å². The van der Waals surface area contributed by atoms with Crippen LogP contribution in [0.2, 0.25) is 0 Å². The van der Waals surface area contributed by atoms with E-state index in [1.54, 1.807) is 42.7 Å². The van der Waals surface area contributed by atoms with Crippen molar-refractivity contribution in [1.29, 1.82) is 0 Å². The molecule has 144 valence electrons. The second kappa shape index (κ2) is 7.44. The summed E-state index contributed by atoms with van der Waals surface area (Å²) in [5.74, 6) is -0.278. The average molecular weight is 381 g/mol. The molecular formula is C21H20FN3O3. The number of ether oxygens (including phenoxy) is 1. The van der Waals surface area contributed by atoms with Crippen LogP contribution in [0.1, 0.15) is 28.4 Å². The Bertz CT molecular complexity index is 990. The number of carbonyl (C=O) groups excluding carboxylic acids is 1. The molecule has 1 fully saturated rings. The number of likely N-dealkylation sites (tertiary alicyclic amines) is 1. The van der Waals surface area contributed by atoms with Crippen LogP contribution in [0.3, 0.4) is 0 Å². The first-order valence-electron chi connectivity index (χ1n) is 8.99. The van der Waals surface area contributed by atoms with Gasteiger partial charge in [-0.1, -0.05) is 24.3 Å². The summed E-state index contributed by atoms with van der Waals surface area (Å²) in [6.07, 6.45) is 3.02. The molecule has 0 bridgehead atoms. The first-order chi connectivity index (χ1) is 13.6. The molecule has 0 spiro atoms. The number of methoxy groups -OCH3 is 1. The van der Waals surface area contributed by atoms with E-state index in [0.717, 1.165) is 11.1 Å². The molecule has 1 saturated heterocycles. The minimum Gasteiger partial charge on any atom is -0.496 e. The predicted octanol–water partition coefficient (Wildman–Crippen LogP) is 3.17. The second-order valence-electron chi connectivity index (χ2n) is 6.79. The third-order valence-corrected chi connectivity index (χ3v) is 5.07. The van der Waals surface area contributed by atoms with Crippen molar-refractivity contribution < 1.29 is 19.0 Å². The SMILES string of the molecule is COc1cc(-c2cn[nH]c2)ccc1C(=O)N1CC(O)CC1c1ccccc1F. The van der Waals surface area contributed by atoms with Crippen LogP contribution in [0, 0.1) is 5.82 Å². The van der Waals surface area contributed by atoms with Gasteiger partial charge in [0, 0.05) is 23.9 Å². The van der Waals surface area contributed by atoms with E-state index in [2.05, 4.69) is 10.2 Å². The molecule has 6 nitrogen and oxygen atoms in total. The van der Waals surface area contributed by atoms with Crippen LogP contribution in [-0.4, -0.2) is 45.9 Å². The molecule has 2 heterocycles. The number of halogens is 1. The zero-order valence-electron chi connectivity index (χ0n) is 15.3. The summed E-state index contributed by atoms with van der Waals surface area (Å²) in [4.78, 5) is 14.8. The number of aromatic amines is 1. The lowest BCUT2D eigenvalue weighted by Crippen LogP contribution is -2.32. The molecule has 2 aromatic carbocycles. The Morgan fingerprint density at radius 3 is 2.82 bits per heavy atom. The molecule has 0 radical (unpaired) electrons. The number of nitrogens with zero attached hydrogens (tertiary/aromatic N) is 2. The molecule has 4 rings (SSSR count). The molecule has 0 aliphatic carbocycles. The molecule has 1 aromatic heterocycles. The van der Waals surface area contributed by atoms with Gasteiger partial charge in [-0.05, 0) is 30.2 Å². The Labute approximate surface area is 161 Å². The first-order valence-corrected chi connectivity index (χ1v) is 8.99. The van der Waals surface area contributed by atoms with E-state index < -0.39 is 12.1 Å². The summed E-state index contributed by atoms with van der Waals surface area (Å²) in [7, 11) is 1.50. The molecule has 0 saturated carbocycles. The lowest BCUT2D eigenvalue weighted by Gasteiger charge is -2.26. The van der Waals surface area contributed by atoms with Crippen LogP contribution in [-0.2, 0) is 0 Å². The number of aliphatic hydroxyl groups excluding tert-OH is 1. The second-order valence-corrected chi connectivity index (χ2v) is 6.79. The topological polar surface area (TPSA) is 78.5 Å². The molecule has 2 atom stereocenters. The van der Waals surface area contributed by atoms with Gasteiger partial charge in [-0.3, -0.25) is 9.89 Å². The van der Waals surface area contributed by atoms with Gasteiger partial charge in [0.15, 0.2) is 0 Å². The average Bonchev–Trinajstić information content (AvgIpc) is 3.37. The summed E-state index contributed by atoms with van der Waals surface area (Å²) in [5.41, 5.74) is 2.50. The van der Waals surface area contributed by atoms with E-state index >= 15 is 0 Å². The van der Waals surface area contributed by atoms with E-state index in [0.29, 0.717) is 23.3 Å². The zero-order chi connectivity index (χ0) is 19.7. The number of H-pyrrole nitrogens is 1. The molecule has 1 aliphatic rings. The van der Waals surface area contributed by atoms with Crippen LogP contribution in [0.15, 0.2) is 54.9 Å². The highest BCUT2D eigenvalue weighted by atomic mass is 19.1. The summed E-state index contributed by atoms with van der Waals surface area (Å²) < 4.78 is 19.8. The van der Waals surface area contributed by atoms with Gasteiger partial charge in [0.2, 0.25) is 0 Å². The van der Waals surface area contributed by atoms with Crippen molar-refractivity contribution in [2.24, 2.45) is 0 Å². The van der Waals surface area contributed by atoms with Gasteiger partial charge in [-0.2, -0.15) is 5.10 Å². The van der Waals surface area contributed by atoms with Gasteiger partial charge in [0.1, 0.15) is 11.6 Å². The fourth-order valence-corrected chi connectivity index (χ4v) is 3.69. The Kier molecular flexibility index (Phi) is 4.83. The lowest BCUT2D eigenvalue weighted by molar-refractivity contribution is 0.0710. The lowest BCUT2D eigenvalue weighted by atomic mass is 10.0. The quantitative estimate of drug-likeness (QED) is 0.728. The minimum atomic E-state index is -0.704. The van der Waals surface area contributed by atoms with Gasteiger partial charge in [0.25, 0.3) is 5.91 Å². The Hall–Kier alpha value is -3.19. The highest BCUT2D eigenvalue weighted by molar-refractivity contribution is 5.98. The summed E-state index contributed by atoms with van der Waals surface area (Å²) in [6, 6.07) is 11.1. The third kappa shape index (κ3) is 3.25. The standard InChI is InChI=1S/C21H20FN3O3/c1-28-20-8-13(14-10-23-24-11-14)6-7-17(20)21(27)25-12-15(26)9-19(25)16-4-2-3-5-18(16)22/h2-8,10-11,15,19,26H,9,12H2,1H3,(H,23,24). The van der Waals surface area contributed by atoms with Crippen molar-refractivity contribution >= 4 is 5.91 Å². The number of benzene rings is 2. The number of hydrogen-bond donors (Lipinski definition) is 2. The number of β-amino-alcohol motifs (C(OH)–C–C–N with tert-alkyl or cyclic N) is 1. The number of aromatic nitrogens is 2. The van der Waals surface area contributed by atoms with Crippen LogP contribution in [0.5, 0.6) is 5.75 Å². The summed E-state index contributed by atoms with van der Waals surface area (Å²) in [6.45, 7) is 0.143. The van der Waals surface area contributed by atoms with Gasteiger partial charge >= 0.3 is 0 Å². The van der Waals surface area contributed by atoms with Gasteiger partial charge in [-0.25, -0.2) is 4.39 Å². The predicted molar refractivity (Wildman–Crippen MR) is 101 cm³/mol. The van der Waals surface area contributed by atoms with Gasteiger partial charge < -0.3 is 14.7 Å². The number of aliphatic hydroxyl groups is 1. The third-order valence-electron chi connectivity index (χ3n) is 5.07. The van der Waals surface area contributed by atoms with Crippen molar-refractivity contribution in [1.82, 2.24) is 15.1 Å². The molecular weight excluding hydrogens is 361 g/mol. The maximum Gasteiger partial charge on any atom is 0.258 e. The number of amides is 1. The molecule has 7 heteroatoms. The highest BCUT2D eigenvalue weighted by Crippen LogP contribution is 2.36. The summed E-state index contributed by atoms with van der Waals surface area (Å²) in [5, 5.41) is 16.8. The van der Waals surface area contributed by atoms with E-state index in [-0.39, 0.29) is 18.3 Å². The monoisotopic (exact) mass is 381 g/mol. The van der Waals surface area contributed by atoms with Crippen LogP contribution in [0.4, 0.5) is 4.39 Å². The smallest absolute Gasteiger partial charge is 0.258 e.